The molecular formula is C15H21N5O. The summed E-state index contributed by atoms with van der Waals surface area (Å²) in [5.74, 6) is 0.840. The van der Waals surface area contributed by atoms with Gasteiger partial charge in [-0.15, -0.1) is 0 Å². The molecule has 0 spiro atoms. The summed E-state index contributed by atoms with van der Waals surface area (Å²) in [6, 6.07) is 7.41. The number of anilines is 1. The van der Waals surface area contributed by atoms with E-state index in [4.69, 9.17) is 5.73 Å². The van der Waals surface area contributed by atoms with E-state index in [1.54, 1.807) is 0 Å². The molecule has 0 radical (unpaired) electrons. The number of rotatable bonds is 6. The molecule has 2 rings (SSSR count). The highest BCUT2D eigenvalue weighted by atomic mass is 16.2. The van der Waals surface area contributed by atoms with Gasteiger partial charge in [0.25, 0.3) is 0 Å². The summed E-state index contributed by atoms with van der Waals surface area (Å²) in [5.41, 5.74) is 6.74. The van der Waals surface area contributed by atoms with Gasteiger partial charge in [-0.2, -0.15) is 5.10 Å². The highest BCUT2D eigenvalue weighted by molar-refractivity contribution is 5.87. The monoisotopic (exact) mass is 287 g/mol. The molecule has 2 aromatic rings. The minimum absolute atomic E-state index is 0.00448. The van der Waals surface area contributed by atoms with Crippen LogP contribution in [0.15, 0.2) is 30.6 Å². The molecule has 0 aliphatic carbocycles. The quantitative estimate of drug-likeness (QED) is 0.553. The topological polar surface area (TPSA) is 96.7 Å². The van der Waals surface area contributed by atoms with Crippen LogP contribution in [-0.2, 0) is 16.6 Å². The Morgan fingerprint density at radius 1 is 1.33 bits per heavy atom. The number of H-pyrrole nitrogens is 1. The molecule has 0 aliphatic heterocycles. The third-order valence-corrected chi connectivity index (χ3v) is 3.54. The van der Waals surface area contributed by atoms with E-state index in [0.717, 1.165) is 24.2 Å². The van der Waals surface area contributed by atoms with Crippen molar-refractivity contribution in [3.63, 3.8) is 0 Å². The molecular weight excluding hydrogens is 266 g/mol. The van der Waals surface area contributed by atoms with Gasteiger partial charge in [-0.1, -0.05) is 12.1 Å². The van der Waals surface area contributed by atoms with Crippen LogP contribution in [0.1, 0.15) is 31.7 Å². The van der Waals surface area contributed by atoms with Crippen LogP contribution in [0.4, 0.5) is 5.69 Å². The third-order valence-electron chi connectivity index (χ3n) is 3.54. The molecule has 21 heavy (non-hydrogen) atoms. The van der Waals surface area contributed by atoms with Crippen LogP contribution in [-0.4, -0.2) is 27.6 Å². The predicted molar refractivity (Wildman–Crippen MR) is 81.6 cm³/mol. The molecule has 0 atom stereocenters. The van der Waals surface area contributed by atoms with Gasteiger partial charge in [-0.25, -0.2) is 4.98 Å². The Bertz CT molecular complexity index is 575. The molecule has 4 N–H and O–H groups in total. The number of aromatic nitrogens is 3. The first kappa shape index (κ1) is 15.0. The first-order valence-corrected chi connectivity index (χ1v) is 6.98. The lowest BCUT2D eigenvalue weighted by atomic mass is 9.83. The number of amides is 1. The van der Waals surface area contributed by atoms with Crippen molar-refractivity contribution in [2.75, 3.05) is 12.3 Å². The second-order valence-corrected chi connectivity index (χ2v) is 5.54. The fraction of sp³-hybridized carbons (Fsp3) is 0.400. The second kappa shape index (κ2) is 6.39. The average molecular weight is 287 g/mol. The number of carbonyl (C=O) groups excluding carboxylic acids is 1. The van der Waals surface area contributed by atoms with Crippen molar-refractivity contribution in [3.8, 4) is 0 Å². The van der Waals surface area contributed by atoms with E-state index in [-0.39, 0.29) is 5.91 Å². The van der Waals surface area contributed by atoms with Crippen molar-refractivity contribution in [1.82, 2.24) is 20.5 Å². The number of nitrogens with one attached hydrogen (secondary N) is 2. The van der Waals surface area contributed by atoms with Crippen molar-refractivity contribution in [2.45, 2.75) is 32.1 Å². The van der Waals surface area contributed by atoms with E-state index in [1.807, 2.05) is 38.1 Å². The molecule has 0 aliphatic rings. The molecule has 0 saturated heterocycles. The lowest BCUT2D eigenvalue weighted by Crippen LogP contribution is -2.40. The van der Waals surface area contributed by atoms with Crippen molar-refractivity contribution >= 4 is 11.6 Å². The number of nitrogens with two attached hydrogens (primary N) is 1. The summed E-state index contributed by atoms with van der Waals surface area (Å²) in [6.07, 6.45) is 3.07. The van der Waals surface area contributed by atoms with Gasteiger partial charge in [0.05, 0.1) is 5.41 Å². The minimum atomic E-state index is -0.583. The van der Waals surface area contributed by atoms with Gasteiger partial charge in [0.1, 0.15) is 12.2 Å². The normalized spacial score (nSPS) is 11.3. The van der Waals surface area contributed by atoms with Crippen molar-refractivity contribution < 1.29 is 4.79 Å². The summed E-state index contributed by atoms with van der Waals surface area (Å²) < 4.78 is 0. The zero-order chi connectivity index (χ0) is 15.3. The first-order chi connectivity index (χ1) is 10.00. The lowest BCUT2D eigenvalue weighted by molar-refractivity contribution is -0.125. The highest BCUT2D eigenvalue weighted by Crippen LogP contribution is 2.24. The molecule has 1 aromatic carbocycles. The van der Waals surface area contributed by atoms with E-state index < -0.39 is 5.41 Å². The number of aromatic amines is 1. The SMILES string of the molecule is CC(C)(C(=O)NCCCc1ncn[nH]1)c1ccc(N)cc1. The minimum Gasteiger partial charge on any atom is -0.399 e. The third kappa shape index (κ3) is 3.81. The van der Waals surface area contributed by atoms with Crippen LogP contribution in [0.2, 0.25) is 0 Å². The van der Waals surface area contributed by atoms with Gasteiger partial charge in [-0.05, 0) is 38.0 Å². The maximum atomic E-state index is 12.3. The maximum Gasteiger partial charge on any atom is 0.230 e. The number of carbonyl (C=O) groups is 1. The highest BCUT2D eigenvalue weighted by Gasteiger charge is 2.29. The largest absolute Gasteiger partial charge is 0.399 e. The molecule has 0 fully saturated rings. The Balaban J connectivity index is 1.85. The van der Waals surface area contributed by atoms with E-state index in [2.05, 4.69) is 20.5 Å². The summed E-state index contributed by atoms with van der Waals surface area (Å²) in [4.78, 5) is 16.4. The van der Waals surface area contributed by atoms with Crippen LogP contribution < -0.4 is 11.1 Å². The Morgan fingerprint density at radius 2 is 2.05 bits per heavy atom. The zero-order valence-corrected chi connectivity index (χ0v) is 12.4. The Morgan fingerprint density at radius 3 is 2.67 bits per heavy atom. The molecule has 112 valence electrons. The predicted octanol–water partition coefficient (Wildman–Crippen LogP) is 1.41. The summed E-state index contributed by atoms with van der Waals surface area (Å²) in [7, 11) is 0. The van der Waals surface area contributed by atoms with Crippen LogP contribution in [0, 0.1) is 0 Å². The van der Waals surface area contributed by atoms with Gasteiger partial charge < -0.3 is 11.1 Å². The zero-order valence-electron chi connectivity index (χ0n) is 12.4. The number of nitrogens with zero attached hydrogens (tertiary/aromatic N) is 2. The average Bonchev–Trinajstić information content (AvgIpc) is 2.97. The Kier molecular flexibility index (Phi) is 4.57. The van der Waals surface area contributed by atoms with Crippen LogP contribution in [0.25, 0.3) is 0 Å². The van der Waals surface area contributed by atoms with Gasteiger partial charge in [0.2, 0.25) is 5.91 Å². The molecule has 0 saturated carbocycles. The number of hydrogen-bond acceptors (Lipinski definition) is 4. The smallest absolute Gasteiger partial charge is 0.230 e. The first-order valence-electron chi connectivity index (χ1n) is 6.98. The van der Waals surface area contributed by atoms with Crippen molar-refractivity contribution in [2.24, 2.45) is 0 Å². The number of nitrogen functional groups attached to an aromatic ring is 1. The fourth-order valence-corrected chi connectivity index (χ4v) is 2.06. The number of hydrogen-bond donors (Lipinski definition) is 3. The standard InChI is InChI=1S/C15H21N5O/c1-15(2,11-5-7-12(16)8-6-11)14(21)17-9-3-4-13-18-10-19-20-13/h5-8,10H,3-4,9,16H2,1-2H3,(H,17,21)(H,18,19,20). The second-order valence-electron chi connectivity index (χ2n) is 5.54. The van der Waals surface area contributed by atoms with E-state index in [1.165, 1.54) is 6.33 Å². The van der Waals surface area contributed by atoms with Crippen LogP contribution in [0.5, 0.6) is 0 Å². The molecule has 6 nitrogen and oxygen atoms in total. The lowest BCUT2D eigenvalue weighted by Gasteiger charge is -2.24. The van der Waals surface area contributed by atoms with Crippen LogP contribution >= 0.6 is 0 Å². The van der Waals surface area contributed by atoms with Gasteiger partial charge in [-0.3, -0.25) is 9.89 Å². The Labute approximate surface area is 124 Å². The Hall–Kier alpha value is -2.37. The number of aryl methyl sites for hydroxylation is 1. The summed E-state index contributed by atoms with van der Waals surface area (Å²) in [6.45, 7) is 4.42. The molecule has 6 heteroatoms. The van der Waals surface area contributed by atoms with Crippen molar-refractivity contribution in [1.29, 1.82) is 0 Å². The maximum absolute atomic E-state index is 12.3. The van der Waals surface area contributed by atoms with E-state index in [0.29, 0.717) is 12.2 Å². The molecule has 0 unspecified atom stereocenters. The molecule has 0 bridgehead atoms. The van der Waals surface area contributed by atoms with Gasteiger partial charge in [0.15, 0.2) is 0 Å². The van der Waals surface area contributed by atoms with E-state index >= 15 is 0 Å². The van der Waals surface area contributed by atoms with Crippen molar-refractivity contribution in [3.05, 3.63) is 42.0 Å². The summed E-state index contributed by atoms with van der Waals surface area (Å²) in [5, 5.41) is 9.56. The van der Waals surface area contributed by atoms with Crippen LogP contribution in [0.3, 0.4) is 0 Å². The molecule has 1 aromatic heterocycles. The molecule has 1 heterocycles. The number of benzene rings is 1. The fourth-order valence-electron chi connectivity index (χ4n) is 2.06. The van der Waals surface area contributed by atoms with E-state index in [9.17, 15) is 4.79 Å². The molecule has 1 amide bonds. The van der Waals surface area contributed by atoms with Gasteiger partial charge >= 0.3 is 0 Å². The van der Waals surface area contributed by atoms with Gasteiger partial charge in [0, 0.05) is 18.7 Å². The summed E-state index contributed by atoms with van der Waals surface area (Å²) >= 11 is 0.